The van der Waals surface area contributed by atoms with Gasteiger partial charge in [-0.25, -0.2) is 4.39 Å². The summed E-state index contributed by atoms with van der Waals surface area (Å²) < 4.78 is 20.9. The molecule has 3 amide bonds. The summed E-state index contributed by atoms with van der Waals surface area (Å²) >= 11 is 0. The molecule has 0 radical (unpaired) electrons. The number of carbonyl (C=O) groups excluding carboxylic acids is 3. The third-order valence-electron chi connectivity index (χ3n) is 8.48. The Bertz CT molecular complexity index is 1450. The lowest BCUT2D eigenvalue weighted by atomic mass is 10.0. The second kappa shape index (κ2) is 13.1. The maximum absolute atomic E-state index is 14.8. The molecule has 3 heterocycles. The highest BCUT2D eigenvalue weighted by Crippen LogP contribution is 2.28. The number of halogens is 1. The third kappa shape index (κ3) is 6.51. The number of hydrogen-bond donors (Lipinski definition) is 2. The van der Waals surface area contributed by atoms with Gasteiger partial charge in [-0.05, 0) is 55.4 Å². The molecular weight excluding hydrogens is 535 g/mol. The Balaban J connectivity index is 1.45. The van der Waals surface area contributed by atoms with E-state index in [2.05, 4.69) is 22.5 Å². The van der Waals surface area contributed by atoms with Crippen LogP contribution in [0.25, 0.3) is 11.0 Å². The van der Waals surface area contributed by atoms with Crippen molar-refractivity contribution in [2.24, 2.45) is 5.92 Å². The first kappa shape index (κ1) is 29.8. The van der Waals surface area contributed by atoms with Gasteiger partial charge < -0.3 is 20.0 Å². The fourth-order valence-corrected chi connectivity index (χ4v) is 6.11. The van der Waals surface area contributed by atoms with Crippen LogP contribution in [0.1, 0.15) is 67.3 Å². The summed E-state index contributed by atoms with van der Waals surface area (Å²) in [6.45, 7) is 8.09. The molecule has 2 aromatic carbocycles. The average Bonchev–Trinajstić information content (AvgIpc) is 3.60. The monoisotopic (exact) mass is 576 g/mol. The zero-order valence-corrected chi connectivity index (χ0v) is 24.7. The number of aryl methyl sites for hydroxylation is 2. The van der Waals surface area contributed by atoms with Gasteiger partial charge in [0.15, 0.2) is 0 Å². The van der Waals surface area contributed by atoms with Crippen LogP contribution in [0, 0.1) is 11.7 Å². The van der Waals surface area contributed by atoms with E-state index in [0.717, 1.165) is 34.3 Å². The highest BCUT2D eigenvalue weighted by molar-refractivity contribution is 5.98. The molecule has 2 aliphatic rings. The molecule has 0 unspecified atom stereocenters. The number of nitrogens with one attached hydrogen (secondary N) is 2. The number of nitrogens with zero attached hydrogens (tertiary/aromatic N) is 2. The Morgan fingerprint density at radius 2 is 1.90 bits per heavy atom. The van der Waals surface area contributed by atoms with E-state index in [0.29, 0.717) is 51.9 Å². The van der Waals surface area contributed by atoms with Gasteiger partial charge >= 0.3 is 0 Å². The summed E-state index contributed by atoms with van der Waals surface area (Å²) in [5, 5.41) is 7.24. The zero-order chi connectivity index (χ0) is 29.8. The minimum atomic E-state index is -0.668. The number of rotatable bonds is 4. The van der Waals surface area contributed by atoms with Crippen molar-refractivity contribution in [1.82, 2.24) is 20.4 Å². The molecule has 224 valence electrons. The van der Waals surface area contributed by atoms with Crippen molar-refractivity contribution in [2.45, 2.75) is 71.5 Å². The zero-order valence-electron chi connectivity index (χ0n) is 24.7. The molecule has 42 heavy (non-hydrogen) atoms. The summed E-state index contributed by atoms with van der Waals surface area (Å²) in [5.41, 5.74) is 2.68. The van der Waals surface area contributed by atoms with Crippen LogP contribution in [0.3, 0.4) is 0 Å². The smallest absolute Gasteiger partial charge is 0.257 e. The van der Waals surface area contributed by atoms with Gasteiger partial charge in [-0.1, -0.05) is 45.0 Å². The van der Waals surface area contributed by atoms with E-state index < -0.39 is 17.8 Å². The van der Waals surface area contributed by atoms with Crippen LogP contribution in [0.15, 0.2) is 46.9 Å². The normalized spacial score (nSPS) is 21.4. The number of benzene rings is 2. The summed E-state index contributed by atoms with van der Waals surface area (Å²) in [6.07, 6.45) is 3.16. The molecule has 2 aliphatic heterocycles. The van der Waals surface area contributed by atoms with Crippen LogP contribution in [-0.4, -0.2) is 65.8 Å². The summed E-state index contributed by atoms with van der Waals surface area (Å²) in [4.78, 5) is 43.9. The predicted octanol–water partition coefficient (Wildman–Crippen LogP) is 4.44. The quantitative estimate of drug-likeness (QED) is 0.479. The van der Waals surface area contributed by atoms with Crippen molar-refractivity contribution in [3.05, 3.63) is 70.7 Å². The highest BCUT2D eigenvalue weighted by atomic mass is 19.1. The van der Waals surface area contributed by atoms with Crippen LogP contribution in [0.4, 0.5) is 4.39 Å². The Morgan fingerprint density at radius 1 is 1.10 bits per heavy atom. The molecule has 0 aliphatic carbocycles. The Kier molecular flexibility index (Phi) is 9.26. The lowest BCUT2D eigenvalue weighted by Gasteiger charge is -2.32. The largest absolute Gasteiger partial charge is 0.461 e. The number of carbonyl (C=O) groups is 3. The first-order chi connectivity index (χ1) is 20.2. The van der Waals surface area contributed by atoms with Crippen LogP contribution in [0.2, 0.25) is 0 Å². The van der Waals surface area contributed by atoms with E-state index >= 15 is 0 Å². The topological polar surface area (TPSA) is 94.9 Å². The SMILES string of the molecule is CCc1oc2ccccc2c1CN1CC(=O)NCCCc2ccc(F)c(c2)C(=O)N2CCC[C@H]2C(=O)N[C@H](C(C)C)C1. The van der Waals surface area contributed by atoms with E-state index in [1.807, 2.05) is 38.1 Å². The van der Waals surface area contributed by atoms with E-state index in [1.54, 1.807) is 12.1 Å². The number of amides is 3. The molecule has 2 N–H and O–H groups in total. The summed E-state index contributed by atoms with van der Waals surface area (Å²) in [6, 6.07) is 11.6. The van der Waals surface area contributed by atoms with E-state index in [9.17, 15) is 18.8 Å². The van der Waals surface area contributed by atoms with Gasteiger partial charge in [-0.2, -0.15) is 0 Å². The van der Waals surface area contributed by atoms with Crippen molar-refractivity contribution in [1.29, 1.82) is 0 Å². The molecule has 8 nitrogen and oxygen atoms in total. The van der Waals surface area contributed by atoms with Crippen molar-refractivity contribution < 1.29 is 23.2 Å². The van der Waals surface area contributed by atoms with Crippen molar-refractivity contribution >= 4 is 28.7 Å². The molecule has 0 saturated carbocycles. The van der Waals surface area contributed by atoms with Crippen molar-refractivity contribution in [2.75, 3.05) is 26.2 Å². The van der Waals surface area contributed by atoms with E-state index in [4.69, 9.17) is 4.42 Å². The van der Waals surface area contributed by atoms with Crippen molar-refractivity contribution in [3.63, 3.8) is 0 Å². The van der Waals surface area contributed by atoms with Gasteiger partial charge in [0.05, 0.1) is 12.1 Å². The minimum Gasteiger partial charge on any atom is -0.461 e. The maximum Gasteiger partial charge on any atom is 0.257 e. The Labute approximate surface area is 246 Å². The molecule has 1 saturated heterocycles. The van der Waals surface area contributed by atoms with Gasteiger partial charge in [-0.3, -0.25) is 19.3 Å². The summed E-state index contributed by atoms with van der Waals surface area (Å²) in [5.74, 6) is -0.433. The van der Waals surface area contributed by atoms with Crippen LogP contribution >= 0.6 is 0 Å². The van der Waals surface area contributed by atoms with Gasteiger partial charge in [0.25, 0.3) is 5.91 Å². The second-order valence-corrected chi connectivity index (χ2v) is 11.8. The number of para-hydroxylation sites is 1. The average molecular weight is 577 g/mol. The van der Waals surface area contributed by atoms with E-state index in [1.165, 1.54) is 11.0 Å². The number of hydrogen-bond acceptors (Lipinski definition) is 5. The molecule has 3 aromatic rings. The van der Waals surface area contributed by atoms with Gasteiger partial charge in [0, 0.05) is 49.6 Å². The van der Waals surface area contributed by atoms with Crippen LogP contribution in [0.5, 0.6) is 0 Å². The van der Waals surface area contributed by atoms with Gasteiger partial charge in [0.1, 0.15) is 23.2 Å². The molecule has 2 bridgehead atoms. The summed E-state index contributed by atoms with van der Waals surface area (Å²) in [7, 11) is 0. The lowest BCUT2D eigenvalue weighted by Crippen LogP contribution is -2.53. The van der Waals surface area contributed by atoms with Crippen LogP contribution < -0.4 is 10.6 Å². The molecule has 0 spiro atoms. The first-order valence-corrected chi connectivity index (χ1v) is 15.1. The second-order valence-electron chi connectivity index (χ2n) is 11.8. The first-order valence-electron chi connectivity index (χ1n) is 15.1. The number of furan rings is 1. The fourth-order valence-electron chi connectivity index (χ4n) is 6.11. The third-order valence-corrected chi connectivity index (χ3v) is 8.48. The molecule has 2 atom stereocenters. The van der Waals surface area contributed by atoms with E-state index in [-0.39, 0.29) is 35.9 Å². The predicted molar refractivity (Wildman–Crippen MR) is 159 cm³/mol. The molecule has 1 aromatic heterocycles. The molecule has 9 heteroatoms. The minimum absolute atomic E-state index is 0.00814. The maximum atomic E-state index is 14.8. The van der Waals surface area contributed by atoms with Gasteiger partial charge in [-0.15, -0.1) is 0 Å². The fraction of sp³-hybridized carbons (Fsp3) is 0.485. The standard InChI is InChI=1S/C33H41FN4O4/c1-4-29-25(23-10-5-6-12-30(23)42-29)18-37-19-27(21(2)3)36-32(40)28-11-8-16-38(28)33(41)24-17-22(13-14-26(24)34)9-7-15-35-31(39)20-37/h5-6,10,12-14,17,21,27-28H,4,7-9,11,15-16,18-20H2,1-3H3,(H,35,39)(H,36,40)/t27-,28-/m0/s1. The molecule has 1 fully saturated rings. The highest BCUT2D eigenvalue weighted by Gasteiger charge is 2.37. The van der Waals surface area contributed by atoms with Crippen LogP contribution in [-0.2, 0) is 29.0 Å². The Morgan fingerprint density at radius 3 is 2.69 bits per heavy atom. The number of fused-ring (bicyclic) bond motifs is 4. The Hall–Kier alpha value is -3.72. The lowest BCUT2D eigenvalue weighted by molar-refractivity contribution is -0.126. The molecule has 5 rings (SSSR count). The van der Waals surface area contributed by atoms with Gasteiger partial charge in [0.2, 0.25) is 11.8 Å². The van der Waals surface area contributed by atoms with Crippen molar-refractivity contribution in [3.8, 4) is 0 Å². The molecular formula is C33H41FN4O4.